The smallest absolute Gasteiger partial charge is 0.240 e. The van der Waals surface area contributed by atoms with Crippen molar-refractivity contribution >= 4 is 10.0 Å². The van der Waals surface area contributed by atoms with Crippen molar-refractivity contribution in [3.8, 4) is 0 Å². The van der Waals surface area contributed by atoms with Gasteiger partial charge in [-0.3, -0.25) is 0 Å². The third-order valence-corrected chi connectivity index (χ3v) is 5.59. The first-order chi connectivity index (χ1) is 9.45. The molecular weight excluding hydrogens is 276 g/mol. The highest BCUT2D eigenvalue weighted by Gasteiger charge is 2.31. The molecule has 1 aromatic carbocycles. The molecule has 0 spiro atoms. The van der Waals surface area contributed by atoms with Crippen molar-refractivity contribution < 1.29 is 13.2 Å². The van der Waals surface area contributed by atoms with Crippen LogP contribution in [0.2, 0.25) is 0 Å². The molecule has 1 fully saturated rings. The van der Waals surface area contributed by atoms with Crippen molar-refractivity contribution in [1.29, 1.82) is 0 Å². The zero-order valence-electron chi connectivity index (χ0n) is 11.8. The molecule has 3 rings (SSSR count). The predicted octanol–water partition coefficient (Wildman–Crippen LogP) is 0.945. The van der Waals surface area contributed by atoms with Gasteiger partial charge < -0.3 is 9.64 Å². The standard InChI is InChI=1S/C14H20N2O3S/c1-10-6-16(2)7-14(10)15-20(17,18)13-4-3-11-8-19-9-12(11)5-13/h3-5,10,14-15H,6-9H2,1-2H3. The van der Waals surface area contributed by atoms with E-state index in [1.165, 1.54) is 0 Å². The number of likely N-dealkylation sites (tertiary alicyclic amines) is 1. The largest absolute Gasteiger partial charge is 0.372 e. The molecule has 110 valence electrons. The molecule has 5 nitrogen and oxygen atoms in total. The lowest BCUT2D eigenvalue weighted by atomic mass is 10.1. The van der Waals surface area contributed by atoms with E-state index < -0.39 is 10.0 Å². The van der Waals surface area contributed by atoms with Crippen molar-refractivity contribution in [2.75, 3.05) is 20.1 Å². The molecule has 2 aliphatic heterocycles. The predicted molar refractivity (Wildman–Crippen MR) is 75.7 cm³/mol. The van der Waals surface area contributed by atoms with Gasteiger partial charge in [-0.25, -0.2) is 13.1 Å². The van der Waals surface area contributed by atoms with E-state index >= 15 is 0 Å². The van der Waals surface area contributed by atoms with E-state index in [0.717, 1.165) is 24.2 Å². The number of nitrogens with zero attached hydrogens (tertiary/aromatic N) is 1. The Morgan fingerprint density at radius 1 is 1.25 bits per heavy atom. The summed E-state index contributed by atoms with van der Waals surface area (Å²) in [4.78, 5) is 2.48. The number of nitrogens with one attached hydrogen (secondary N) is 1. The molecule has 0 saturated carbocycles. The number of fused-ring (bicyclic) bond motifs is 1. The van der Waals surface area contributed by atoms with Gasteiger partial charge in [0, 0.05) is 19.1 Å². The molecule has 1 aromatic rings. The molecular formula is C14H20N2O3S. The van der Waals surface area contributed by atoms with Crippen molar-refractivity contribution in [3.05, 3.63) is 29.3 Å². The molecule has 1 saturated heterocycles. The summed E-state index contributed by atoms with van der Waals surface area (Å²) < 4.78 is 33.1. The Morgan fingerprint density at radius 2 is 2.00 bits per heavy atom. The summed E-state index contributed by atoms with van der Waals surface area (Å²) in [5, 5.41) is 0. The van der Waals surface area contributed by atoms with Crippen LogP contribution in [-0.2, 0) is 28.0 Å². The second kappa shape index (κ2) is 5.11. The lowest BCUT2D eigenvalue weighted by Gasteiger charge is -2.17. The van der Waals surface area contributed by atoms with E-state index in [0.29, 0.717) is 24.0 Å². The number of ether oxygens (including phenoxy) is 1. The van der Waals surface area contributed by atoms with Crippen LogP contribution in [0, 0.1) is 5.92 Å². The van der Waals surface area contributed by atoms with Crippen molar-refractivity contribution in [2.24, 2.45) is 5.92 Å². The van der Waals surface area contributed by atoms with Crippen molar-refractivity contribution in [2.45, 2.75) is 31.1 Å². The Kier molecular flexibility index (Phi) is 3.58. The maximum absolute atomic E-state index is 12.5. The van der Waals surface area contributed by atoms with E-state index in [1.807, 2.05) is 13.1 Å². The summed E-state index contributed by atoms with van der Waals surface area (Å²) >= 11 is 0. The summed E-state index contributed by atoms with van der Waals surface area (Å²) in [6, 6.07) is 5.23. The Balaban J connectivity index is 1.81. The van der Waals surface area contributed by atoms with Gasteiger partial charge in [-0.2, -0.15) is 0 Å². The molecule has 2 atom stereocenters. The molecule has 0 bridgehead atoms. The van der Waals surface area contributed by atoms with Crippen LogP contribution in [0.1, 0.15) is 18.1 Å². The molecule has 0 aliphatic carbocycles. The Morgan fingerprint density at radius 3 is 2.70 bits per heavy atom. The Labute approximate surface area is 120 Å². The highest BCUT2D eigenvalue weighted by Crippen LogP contribution is 2.24. The van der Waals surface area contributed by atoms with E-state index in [4.69, 9.17) is 4.74 Å². The number of sulfonamides is 1. The molecule has 20 heavy (non-hydrogen) atoms. The van der Waals surface area contributed by atoms with Gasteiger partial charge in [-0.1, -0.05) is 13.0 Å². The molecule has 6 heteroatoms. The van der Waals surface area contributed by atoms with Crippen LogP contribution >= 0.6 is 0 Å². The Hall–Kier alpha value is -0.950. The van der Waals surface area contributed by atoms with Gasteiger partial charge in [-0.15, -0.1) is 0 Å². The summed E-state index contributed by atoms with van der Waals surface area (Å²) in [6.45, 7) is 4.84. The maximum Gasteiger partial charge on any atom is 0.240 e. The zero-order valence-corrected chi connectivity index (χ0v) is 12.6. The second-order valence-corrected chi connectivity index (χ2v) is 7.56. The van der Waals surface area contributed by atoms with Gasteiger partial charge >= 0.3 is 0 Å². The number of likely N-dealkylation sites (N-methyl/N-ethyl adjacent to an activating group) is 1. The third kappa shape index (κ3) is 2.61. The average Bonchev–Trinajstić information content (AvgIpc) is 2.95. The van der Waals surface area contributed by atoms with Crippen LogP contribution in [0.4, 0.5) is 0 Å². The SMILES string of the molecule is CC1CN(C)CC1NS(=O)(=O)c1ccc2c(c1)COC2. The third-order valence-electron chi connectivity index (χ3n) is 4.10. The Bertz CT molecular complexity index is 615. The molecule has 2 aliphatic rings. The van der Waals surface area contributed by atoms with Gasteiger partial charge in [0.15, 0.2) is 0 Å². The van der Waals surface area contributed by atoms with Crippen LogP contribution in [0.3, 0.4) is 0 Å². The van der Waals surface area contributed by atoms with Gasteiger partial charge in [0.1, 0.15) is 0 Å². The second-order valence-electron chi connectivity index (χ2n) is 5.85. The average molecular weight is 296 g/mol. The van der Waals surface area contributed by atoms with Gasteiger partial charge in [-0.05, 0) is 36.2 Å². The van der Waals surface area contributed by atoms with Crippen LogP contribution in [0.5, 0.6) is 0 Å². The molecule has 2 heterocycles. The van der Waals surface area contributed by atoms with Crippen LogP contribution in [0.25, 0.3) is 0 Å². The summed E-state index contributed by atoms with van der Waals surface area (Å²) in [5.74, 6) is 0.326. The van der Waals surface area contributed by atoms with Crippen LogP contribution in [-0.4, -0.2) is 39.5 Å². The zero-order chi connectivity index (χ0) is 14.3. The molecule has 0 radical (unpaired) electrons. The minimum atomic E-state index is -3.45. The normalized spacial score (nSPS) is 26.9. The molecule has 0 aromatic heterocycles. The quantitative estimate of drug-likeness (QED) is 0.902. The molecule has 1 N–H and O–H groups in total. The molecule has 2 unspecified atom stereocenters. The topological polar surface area (TPSA) is 58.6 Å². The van der Waals surface area contributed by atoms with Crippen molar-refractivity contribution in [1.82, 2.24) is 9.62 Å². The van der Waals surface area contributed by atoms with E-state index in [9.17, 15) is 8.42 Å². The first-order valence-electron chi connectivity index (χ1n) is 6.86. The highest BCUT2D eigenvalue weighted by atomic mass is 32.2. The number of hydrogen-bond acceptors (Lipinski definition) is 4. The monoisotopic (exact) mass is 296 g/mol. The first-order valence-corrected chi connectivity index (χ1v) is 8.34. The van der Waals surface area contributed by atoms with Gasteiger partial charge in [0.25, 0.3) is 0 Å². The minimum absolute atomic E-state index is 0.0190. The van der Waals surface area contributed by atoms with Crippen molar-refractivity contribution in [3.63, 3.8) is 0 Å². The lowest BCUT2D eigenvalue weighted by Crippen LogP contribution is -2.39. The fourth-order valence-corrected chi connectivity index (χ4v) is 4.33. The van der Waals surface area contributed by atoms with Crippen LogP contribution < -0.4 is 4.72 Å². The van der Waals surface area contributed by atoms with E-state index in [1.54, 1.807) is 12.1 Å². The number of rotatable bonds is 3. The van der Waals surface area contributed by atoms with Crippen LogP contribution in [0.15, 0.2) is 23.1 Å². The maximum atomic E-state index is 12.5. The number of benzene rings is 1. The first kappa shape index (κ1) is 14.0. The van der Waals surface area contributed by atoms with Gasteiger partial charge in [0.2, 0.25) is 10.0 Å². The minimum Gasteiger partial charge on any atom is -0.372 e. The molecule has 0 amide bonds. The highest BCUT2D eigenvalue weighted by molar-refractivity contribution is 7.89. The van der Waals surface area contributed by atoms with E-state index in [-0.39, 0.29) is 6.04 Å². The summed E-state index contributed by atoms with van der Waals surface area (Å²) in [6.07, 6.45) is 0. The van der Waals surface area contributed by atoms with Gasteiger partial charge in [0.05, 0.1) is 18.1 Å². The number of hydrogen-bond donors (Lipinski definition) is 1. The van der Waals surface area contributed by atoms with E-state index in [2.05, 4.69) is 16.5 Å². The fraction of sp³-hybridized carbons (Fsp3) is 0.571. The fourth-order valence-electron chi connectivity index (χ4n) is 2.95. The lowest BCUT2D eigenvalue weighted by molar-refractivity contribution is 0.134. The summed E-state index contributed by atoms with van der Waals surface area (Å²) in [5.41, 5.74) is 2.06. The summed E-state index contributed by atoms with van der Waals surface area (Å²) in [7, 11) is -1.44.